The third kappa shape index (κ3) is 4.38. The summed E-state index contributed by atoms with van der Waals surface area (Å²) < 4.78 is 33.6. The highest BCUT2D eigenvalue weighted by Gasteiger charge is 2.35. The van der Waals surface area contributed by atoms with E-state index in [4.69, 9.17) is 10.00 Å². The van der Waals surface area contributed by atoms with E-state index in [0.717, 1.165) is 16.3 Å². The first kappa shape index (κ1) is 20.8. The molecule has 1 heterocycles. The summed E-state index contributed by atoms with van der Waals surface area (Å²) in [7, 11) is -2.29. The van der Waals surface area contributed by atoms with Gasteiger partial charge in [0.1, 0.15) is 11.8 Å². The molecular weight excluding hydrogens is 414 g/mol. The number of nitriles is 1. The van der Waals surface area contributed by atoms with Gasteiger partial charge in [-0.25, -0.2) is 8.42 Å². The largest absolute Gasteiger partial charge is 0.497 e. The molecule has 31 heavy (non-hydrogen) atoms. The van der Waals surface area contributed by atoms with Crippen LogP contribution in [0.25, 0.3) is 10.8 Å². The highest BCUT2D eigenvalue weighted by molar-refractivity contribution is 7.89. The Morgan fingerprint density at radius 3 is 2.68 bits per heavy atom. The number of rotatable bonds is 6. The number of hydrogen-bond acceptors (Lipinski definition) is 5. The van der Waals surface area contributed by atoms with E-state index < -0.39 is 16.1 Å². The molecule has 8 heteroatoms. The number of carbonyl (C=O) groups excluding carboxylic acids is 1. The van der Waals surface area contributed by atoms with Crippen molar-refractivity contribution in [3.05, 3.63) is 71.8 Å². The van der Waals surface area contributed by atoms with Crippen molar-refractivity contribution < 1.29 is 17.9 Å². The van der Waals surface area contributed by atoms with Gasteiger partial charge in [-0.1, -0.05) is 24.3 Å². The van der Waals surface area contributed by atoms with E-state index in [9.17, 15) is 13.2 Å². The third-order valence-corrected chi connectivity index (χ3v) is 6.82. The molecule has 1 aliphatic rings. The second-order valence-corrected chi connectivity index (χ2v) is 9.12. The Kier molecular flexibility index (Phi) is 5.63. The van der Waals surface area contributed by atoms with Crippen LogP contribution in [0.3, 0.4) is 0 Å². The van der Waals surface area contributed by atoms with Crippen LogP contribution in [0.2, 0.25) is 0 Å². The van der Waals surface area contributed by atoms with E-state index >= 15 is 0 Å². The number of likely N-dealkylation sites (tertiary alicyclic amines) is 1. The monoisotopic (exact) mass is 435 g/mol. The Morgan fingerprint density at radius 1 is 1.13 bits per heavy atom. The van der Waals surface area contributed by atoms with Crippen molar-refractivity contribution in [1.82, 2.24) is 9.62 Å². The maximum Gasteiger partial charge on any atom is 0.241 e. The van der Waals surface area contributed by atoms with Crippen molar-refractivity contribution in [2.75, 3.05) is 13.7 Å². The van der Waals surface area contributed by atoms with Crippen LogP contribution >= 0.6 is 0 Å². The first-order valence-electron chi connectivity index (χ1n) is 9.77. The second-order valence-electron chi connectivity index (χ2n) is 7.41. The fourth-order valence-corrected chi connectivity index (χ4v) is 4.97. The molecule has 0 saturated carbocycles. The van der Waals surface area contributed by atoms with E-state index in [1.54, 1.807) is 54.5 Å². The van der Waals surface area contributed by atoms with E-state index in [2.05, 4.69) is 10.8 Å². The van der Waals surface area contributed by atoms with Crippen molar-refractivity contribution in [2.24, 2.45) is 0 Å². The molecule has 1 aliphatic heterocycles. The van der Waals surface area contributed by atoms with E-state index in [1.165, 1.54) is 6.07 Å². The number of carbonyl (C=O) groups is 1. The highest BCUT2D eigenvalue weighted by atomic mass is 32.2. The topological polar surface area (TPSA) is 99.5 Å². The summed E-state index contributed by atoms with van der Waals surface area (Å²) in [5, 5.41) is 10.7. The zero-order chi connectivity index (χ0) is 22.0. The lowest BCUT2D eigenvalue weighted by Gasteiger charge is -2.17. The number of sulfonamides is 1. The quantitative estimate of drug-likeness (QED) is 0.642. The molecule has 0 aromatic heterocycles. The Bertz CT molecular complexity index is 1300. The zero-order valence-corrected chi connectivity index (χ0v) is 17.7. The van der Waals surface area contributed by atoms with Gasteiger partial charge in [0.25, 0.3) is 0 Å². The van der Waals surface area contributed by atoms with Gasteiger partial charge >= 0.3 is 0 Å². The molecule has 1 N–H and O–H groups in total. The molecule has 1 amide bonds. The number of nitrogens with zero attached hydrogens (tertiary/aromatic N) is 2. The molecule has 1 fully saturated rings. The molecule has 3 aromatic rings. The Hall–Kier alpha value is -3.41. The molecule has 7 nitrogen and oxygen atoms in total. The van der Waals surface area contributed by atoms with Gasteiger partial charge in [0.05, 0.1) is 23.6 Å². The molecule has 4 rings (SSSR count). The van der Waals surface area contributed by atoms with Crippen LogP contribution in [-0.2, 0) is 21.4 Å². The van der Waals surface area contributed by atoms with Gasteiger partial charge in [0.15, 0.2) is 0 Å². The minimum atomic E-state index is -3.86. The van der Waals surface area contributed by atoms with Gasteiger partial charge in [-0.3, -0.25) is 4.79 Å². The molecule has 0 spiro atoms. The van der Waals surface area contributed by atoms with Gasteiger partial charge < -0.3 is 9.64 Å². The number of fused-ring (bicyclic) bond motifs is 1. The minimum Gasteiger partial charge on any atom is -0.497 e. The van der Waals surface area contributed by atoms with Crippen molar-refractivity contribution in [3.8, 4) is 11.8 Å². The Morgan fingerprint density at radius 2 is 1.90 bits per heavy atom. The summed E-state index contributed by atoms with van der Waals surface area (Å²) in [4.78, 5) is 14.5. The Labute approximate surface area is 180 Å². The summed E-state index contributed by atoms with van der Waals surface area (Å²) in [6.45, 7) is 0.782. The van der Waals surface area contributed by atoms with Crippen molar-refractivity contribution in [2.45, 2.75) is 23.9 Å². The van der Waals surface area contributed by atoms with E-state index in [1.807, 2.05) is 12.1 Å². The number of benzene rings is 3. The maximum absolute atomic E-state index is 12.9. The standard InChI is InChI=1S/C23H21N3O4S/c1-30-20-7-5-19-13-21(8-6-18(19)12-20)31(28,29)25-22-9-10-26(23(22)27)15-17-4-2-3-16(11-17)14-24/h2-8,11-13,22,25H,9-10,15H2,1H3/t22-/m0/s1. The lowest BCUT2D eigenvalue weighted by Crippen LogP contribution is -2.41. The van der Waals surface area contributed by atoms with Crippen LogP contribution < -0.4 is 9.46 Å². The molecule has 1 saturated heterocycles. The maximum atomic E-state index is 12.9. The average Bonchev–Trinajstić information content (AvgIpc) is 3.11. The molecule has 0 radical (unpaired) electrons. The van der Waals surface area contributed by atoms with Gasteiger partial charge in [-0.15, -0.1) is 0 Å². The normalized spacial score (nSPS) is 16.5. The molecule has 0 bridgehead atoms. The number of nitrogens with one attached hydrogen (secondary N) is 1. The molecule has 1 atom stereocenters. The smallest absolute Gasteiger partial charge is 0.241 e. The SMILES string of the molecule is COc1ccc2cc(S(=O)(=O)N[C@H]3CCN(Cc4cccc(C#N)c4)C3=O)ccc2c1. The molecule has 0 unspecified atom stereocenters. The predicted molar refractivity (Wildman–Crippen MR) is 116 cm³/mol. The van der Waals surface area contributed by atoms with Crippen LogP contribution in [0, 0.1) is 11.3 Å². The fourth-order valence-electron chi connectivity index (χ4n) is 3.72. The Balaban J connectivity index is 1.48. The predicted octanol–water partition coefficient (Wildman–Crippen LogP) is 2.80. The van der Waals surface area contributed by atoms with Crippen LogP contribution in [-0.4, -0.2) is 38.9 Å². The third-order valence-electron chi connectivity index (χ3n) is 5.35. The molecular formula is C23H21N3O4S. The first-order chi connectivity index (χ1) is 14.9. The highest BCUT2D eigenvalue weighted by Crippen LogP contribution is 2.24. The summed E-state index contributed by atoms with van der Waals surface area (Å²) in [6.07, 6.45) is 0.390. The molecule has 158 valence electrons. The summed E-state index contributed by atoms with van der Waals surface area (Å²) in [6, 6.07) is 18.5. The molecule has 3 aromatic carbocycles. The number of methoxy groups -OCH3 is 1. The molecule has 0 aliphatic carbocycles. The van der Waals surface area contributed by atoms with Gasteiger partial charge in [0, 0.05) is 13.1 Å². The van der Waals surface area contributed by atoms with E-state index in [-0.39, 0.29) is 10.8 Å². The lowest BCUT2D eigenvalue weighted by atomic mass is 10.1. The lowest BCUT2D eigenvalue weighted by molar-refractivity contribution is -0.129. The first-order valence-corrected chi connectivity index (χ1v) is 11.3. The second kappa shape index (κ2) is 8.38. The van der Waals surface area contributed by atoms with Crippen LogP contribution in [0.5, 0.6) is 5.75 Å². The zero-order valence-electron chi connectivity index (χ0n) is 16.9. The summed E-state index contributed by atoms with van der Waals surface area (Å²) >= 11 is 0. The number of ether oxygens (including phenoxy) is 1. The van der Waals surface area contributed by atoms with Gasteiger partial charge in [-0.2, -0.15) is 9.98 Å². The van der Waals surface area contributed by atoms with Gasteiger partial charge in [-0.05, 0) is 59.2 Å². The summed E-state index contributed by atoms with van der Waals surface area (Å²) in [5.74, 6) is 0.426. The van der Waals surface area contributed by atoms with Crippen LogP contribution in [0.4, 0.5) is 0 Å². The average molecular weight is 436 g/mol. The van der Waals surface area contributed by atoms with Crippen molar-refractivity contribution >= 4 is 26.7 Å². The van der Waals surface area contributed by atoms with E-state index in [0.29, 0.717) is 30.8 Å². The number of hydrogen-bond donors (Lipinski definition) is 1. The summed E-state index contributed by atoms with van der Waals surface area (Å²) in [5.41, 5.74) is 1.36. The van der Waals surface area contributed by atoms with Crippen LogP contribution in [0.1, 0.15) is 17.5 Å². The van der Waals surface area contributed by atoms with Gasteiger partial charge in [0.2, 0.25) is 15.9 Å². The number of amides is 1. The van der Waals surface area contributed by atoms with Crippen LogP contribution in [0.15, 0.2) is 65.6 Å². The fraction of sp³-hybridized carbons (Fsp3) is 0.217. The van der Waals surface area contributed by atoms with Crippen molar-refractivity contribution in [1.29, 1.82) is 5.26 Å². The van der Waals surface area contributed by atoms with Crippen molar-refractivity contribution in [3.63, 3.8) is 0 Å². The minimum absolute atomic E-state index is 0.109.